The third-order valence-corrected chi connectivity index (χ3v) is 3.20. The molecule has 0 unspecified atom stereocenters. The van der Waals surface area contributed by atoms with Crippen molar-refractivity contribution in [3.8, 4) is 0 Å². The van der Waals surface area contributed by atoms with Gasteiger partial charge in [0.05, 0.1) is 0 Å². The van der Waals surface area contributed by atoms with Crippen LogP contribution in [-0.4, -0.2) is 12.1 Å². The Labute approximate surface area is 98.2 Å². The molecule has 3 N–H and O–H groups in total. The lowest BCUT2D eigenvalue weighted by atomic mass is 10.0. The van der Waals surface area contributed by atoms with Crippen molar-refractivity contribution in [2.24, 2.45) is 5.73 Å². The zero-order chi connectivity index (χ0) is 11.6. The Balaban J connectivity index is 1.91. The van der Waals surface area contributed by atoms with E-state index in [1.54, 1.807) is 0 Å². The smallest absolute Gasteiger partial charge is 0.0343 e. The molecule has 0 fully saturated rings. The Bertz CT molecular complexity index is 363. The molecule has 0 aromatic heterocycles. The molecule has 2 nitrogen and oxygen atoms in total. The van der Waals surface area contributed by atoms with E-state index in [9.17, 15) is 0 Å². The first-order valence-electron chi connectivity index (χ1n) is 6.19. The molecule has 0 saturated heterocycles. The molecule has 0 bridgehead atoms. The van der Waals surface area contributed by atoms with E-state index < -0.39 is 0 Å². The summed E-state index contributed by atoms with van der Waals surface area (Å²) in [5.74, 6) is 0. The number of hydrogen-bond acceptors (Lipinski definition) is 2. The number of aryl methyl sites for hydroxylation is 2. The molecule has 88 valence electrons. The van der Waals surface area contributed by atoms with Crippen molar-refractivity contribution in [3.63, 3.8) is 0 Å². The lowest BCUT2D eigenvalue weighted by molar-refractivity contribution is 0.491. The summed E-state index contributed by atoms with van der Waals surface area (Å²) in [5, 5.41) is 3.45. The maximum Gasteiger partial charge on any atom is 0.0343 e. The van der Waals surface area contributed by atoms with Crippen LogP contribution >= 0.6 is 0 Å². The molecule has 1 aliphatic carbocycles. The highest BCUT2D eigenvalue weighted by molar-refractivity contribution is 5.50. The third kappa shape index (κ3) is 2.99. The molecule has 1 aliphatic rings. The second-order valence-electron chi connectivity index (χ2n) is 5.50. The summed E-state index contributed by atoms with van der Waals surface area (Å²) in [4.78, 5) is 0. The van der Waals surface area contributed by atoms with Gasteiger partial charge < -0.3 is 11.1 Å². The summed E-state index contributed by atoms with van der Waals surface area (Å²) in [5.41, 5.74) is 10.2. The number of benzene rings is 1. The maximum atomic E-state index is 5.95. The molecular weight excluding hydrogens is 196 g/mol. The molecule has 1 aromatic rings. The number of anilines is 1. The fraction of sp³-hybridized carbons (Fsp3) is 0.571. The monoisotopic (exact) mass is 218 g/mol. The van der Waals surface area contributed by atoms with Crippen LogP contribution in [0, 0.1) is 0 Å². The molecule has 0 saturated carbocycles. The second-order valence-corrected chi connectivity index (χ2v) is 5.50. The van der Waals surface area contributed by atoms with Crippen molar-refractivity contribution in [2.45, 2.75) is 45.1 Å². The molecule has 0 aliphatic heterocycles. The lowest BCUT2D eigenvalue weighted by Gasteiger charge is -2.19. The van der Waals surface area contributed by atoms with Crippen LogP contribution in [0.2, 0.25) is 0 Å². The summed E-state index contributed by atoms with van der Waals surface area (Å²) < 4.78 is 0. The van der Waals surface area contributed by atoms with E-state index in [1.807, 2.05) is 0 Å². The Morgan fingerprint density at radius 3 is 2.75 bits per heavy atom. The van der Waals surface area contributed by atoms with E-state index in [4.69, 9.17) is 5.73 Å². The van der Waals surface area contributed by atoms with E-state index >= 15 is 0 Å². The SMILES string of the molecule is CC(C)(N)CCNc1ccc2c(c1)CCC2. The quantitative estimate of drug-likeness (QED) is 0.815. The highest BCUT2D eigenvalue weighted by Crippen LogP contribution is 2.24. The Hall–Kier alpha value is -1.02. The van der Waals surface area contributed by atoms with E-state index in [0.717, 1.165) is 13.0 Å². The maximum absolute atomic E-state index is 5.95. The van der Waals surface area contributed by atoms with Crippen LogP contribution in [0.15, 0.2) is 18.2 Å². The van der Waals surface area contributed by atoms with Crippen LogP contribution in [0.1, 0.15) is 37.8 Å². The van der Waals surface area contributed by atoms with Crippen molar-refractivity contribution in [1.29, 1.82) is 0 Å². The zero-order valence-corrected chi connectivity index (χ0v) is 10.3. The summed E-state index contributed by atoms with van der Waals surface area (Å²) >= 11 is 0. The molecule has 0 atom stereocenters. The average Bonchev–Trinajstić information content (AvgIpc) is 2.62. The molecule has 1 aromatic carbocycles. The van der Waals surface area contributed by atoms with Gasteiger partial charge in [0.2, 0.25) is 0 Å². The largest absolute Gasteiger partial charge is 0.385 e. The molecule has 2 rings (SSSR count). The first kappa shape index (κ1) is 11.5. The number of rotatable bonds is 4. The molecule has 2 heteroatoms. The summed E-state index contributed by atoms with van der Waals surface area (Å²) in [6.45, 7) is 5.08. The Morgan fingerprint density at radius 2 is 2.00 bits per heavy atom. The van der Waals surface area contributed by atoms with Gasteiger partial charge in [0, 0.05) is 17.8 Å². The molecule has 0 spiro atoms. The summed E-state index contributed by atoms with van der Waals surface area (Å²) in [6.07, 6.45) is 4.80. The van der Waals surface area contributed by atoms with Crippen LogP contribution in [-0.2, 0) is 12.8 Å². The van der Waals surface area contributed by atoms with Crippen molar-refractivity contribution in [1.82, 2.24) is 0 Å². The van der Waals surface area contributed by atoms with E-state index in [0.29, 0.717) is 0 Å². The van der Waals surface area contributed by atoms with Gasteiger partial charge in [-0.3, -0.25) is 0 Å². The Kier molecular flexibility index (Phi) is 3.20. The zero-order valence-electron chi connectivity index (χ0n) is 10.3. The van der Waals surface area contributed by atoms with Gasteiger partial charge in [-0.25, -0.2) is 0 Å². The Morgan fingerprint density at radius 1 is 1.25 bits per heavy atom. The third-order valence-electron chi connectivity index (χ3n) is 3.20. The molecule has 0 amide bonds. The van der Waals surface area contributed by atoms with E-state index in [1.165, 1.54) is 36.1 Å². The van der Waals surface area contributed by atoms with E-state index in [-0.39, 0.29) is 5.54 Å². The van der Waals surface area contributed by atoms with Crippen LogP contribution in [0.4, 0.5) is 5.69 Å². The second kappa shape index (κ2) is 4.46. The molecule has 0 heterocycles. The predicted octanol–water partition coefficient (Wildman–Crippen LogP) is 2.71. The lowest BCUT2D eigenvalue weighted by Crippen LogP contribution is -2.34. The number of nitrogens with one attached hydrogen (secondary N) is 1. The fourth-order valence-corrected chi connectivity index (χ4v) is 2.21. The van der Waals surface area contributed by atoms with Crippen molar-refractivity contribution in [2.75, 3.05) is 11.9 Å². The first-order chi connectivity index (χ1) is 7.54. The van der Waals surface area contributed by atoms with Crippen LogP contribution in [0.25, 0.3) is 0 Å². The minimum absolute atomic E-state index is 0.0796. The summed E-state index contributed by atoms with van der Waals surface area (Å²) in [6, 6.07) is 6.75. The predicted molar refractivity (Wildman–Crippen MR) is 69.8 cm³/mol. The normalized spacial score (nSPS) is 14.9. The number of hydrogen-bond donors (Lipinski definition) is 2. The van der Waals surface area contributed by atoms with Gasteiger partial charge >= 0.3 is 0 Å². The van der Waals surface area contributed by atoms with Gasteiger partial charge in [0.25, 0.3) is 0 Å². The number of nitrogens with two attached hydrogens (primary N) is 1. The highest BCUT2D eigenvalue weighted by atomic mass is 14.9. The molecule has 0 radical (unpaired) electrons. The van der Waals surface area contributed by atoms with Crippen LogP contribution in [0.5, 0.6) is 0 Å². The molecule has 16 heavy (non-hydrogen) atoms. The van der Waals surface area contributed by atoms with Gasteiger partial charge in [-0.2, -0.15) is 0 Å². The first-order valence-corrected chi connectivity index (χ1v) is 6.19. The van der Waals surface area contributed by atoms with Gasteiger partial charge in [0.1, 0.15) is 0 Å². The van der Waals surface area contributed by atoms with Crippen molar-refractivity contribution >= 4 is 5.69 Å². The average molecular weight is 218 g/mol. The number of fused-ring (bicyclic) bond motifs is 1. The van der Waals surface area contributed by atoms with Gasteiger partial charge in [-0.1, -0.05) is 6.07 Å². The minimum atomic E-state index is -0.0796. The van der Waals surface area contributed by atoms with Gasteiger partial charge in [-0.05, 0) is 62.8 Å². The standard InChI is InChI=1S/C14H22N2/c1-14(2,15)8-9-16-13-7-6-11-4-3-5-12(11)10-13/h6-7,10,16H,3-5,8-9,15H2,1-2H3. The highest BCUT2D eigenvalue weighted by Gasteiger charge is 2.12. The van der Waals surface area contributed by atoms with Crippen LogP contribution < -0.4 is 11.1 Å². The van der Waals surface area contributed by atoms with Crippen molar-refractivity contribution in [3.05, 3.63) is 29.3 Å². The van der Waals surface area contributed by atoms with Gasteiger partial charge in [-0.15, -0.1) is 0 Å². The molecular formula is C14H22N2. The fourth-order valence-electron chi connectivity index (χ4n) is 2.21. The van der Waals surface area contributed by atoms with Crippen LogP contribution in [0.3, 0.4) is 0 Å². The van der Waals surface area contributed by atoms with Gasteiger partial charge in [0.15, 0.2) is 0 Å². The minimum Gasteiger partial charge on any atom is -0.385 e. The topological polar surface area (TPSA) is 38.0 Å². The van der Waals surface area contributed by atoms with Crippen molar-refractivity contribution < 1.29 is 0 Å². The van der Waals surface area contributed by atoms with E-state index in [2.05, 4.69) is 37.4 Å². The summed E-state index contributed by atoms with van der Waals surface area (Å²) in [7, 11) is 0.